The highest BCUT2D eigenvalue weighted by Crippen LogP contribution is 2.14. The molecule has 1 rings (SSSR count). The zero-order valence-corrected chi connectivity index (χ0v) is 11.0. The lowest BCUT2D eigenvalue weighted by atomic mass is 10.0. The van der Waals surface area contributed by atoms with Gasteiger partial charge in [0.2, 0.25) is 0 Å². The lowest BCUT2D eigenvalue weighted by Gasteiger charge is -2.22. The van der Waals surface area contributed by atoms with Crippen molar-refractivity contribution in [3.8, 4) is 17.9 Å². The van der Waals surface area contributed by atoms with Crippen LogP contribution in [0, 0.1) is 22.7 Å². The van der Waals surface area contributed by atoms with Crippen molar-refractivity contribution in [2.75, 3.05) is 20.2 Å². The quantitative estimate of drug-likeness (QED) is 0.571. The second kappa shape index (κ2) is 7.15. The molecule has 0 radical (unpaired) electrons. The van der Waals surface area contributed by atoms with Crippen LogP contribution in [-0.2, 0) is 0 Å². The predicted octanol–water partition coefficient (Wildman–Crippen LogP) is 1.62. The van der Waals surface area contributed by atoms with Crippen LogP contribution in [0.15, 0.2) is 24.3 Å². The number of rotatable bonds is 6. The molecule has 1 aromatic carbocycles. The molecule has 1 unspecified atom stereocenters. The van der Waals surface area contributed by atoms with Crippen molar-refractivity contribution in [3.05, 3.63) is 29.8 Å². The molecule has 0 aliphatic heterocycles. The smallest absolute Gasteiger partial charge is 0.179 e. The predicted molar refractivity (Wildman–Crippen MR) is 69.6 cm³/mol. The van der Waals surface area contributed by atoms with Gasteiger partial charge in [-0.05, 0) is 31.2 Å². The highest BCUT2D eigenvalue weighted by atomic mass is 16.5. The van der Waals surface area contributed by atoms with E-state index in [0.717, 1.165) is 0 Å². The summed E-state index contributed by atoms with van der Waals surface area (Å²) in [5.74, 6) is 0.559. The number of hydrogen-bond donors (Lipinski definition) is 0. The third-order valence-electron chi connectivity index (χ3n) is 2.85. The van der Waals surface area contributed by atoms with Gasteiger partial charge in [0.05, 0.1) is 38.4 Å². The molecule has 0 N–H and O–H groups in total. The van der Waals surface area contributed by atoms with Gasteiger partial charge in [0.25, 0.3) is 0 Å². The van der Waals surface area contributed by atoms with Crippen molar-refractivity contribution < 1.29 is 9.53 Å². The Kier molecular flexibility index (Phi) is 5.53. The van der Waals surface area contributed by atoms with Gasteiger partial charge in [-0.25, -0.2) is 0 Å². The van der Waals surface area contributed by atoms with Crippen molar-refractivity contribution in [1.82, 2.24) is 4.90 Å². The number of Topliss-reactive ketones (excluding diaryl/α,β-unsaturated/α-hetero) is 1. The SMILES string of the molecule is COc1ccc(C(=O)C(C)N(CC#N)CC#N)cc1. The van der Waals surface area contributed by atoms with E-state index in [2.05, 4.69) is 0 Å². The highest BCUT2D eigenvalue weighted by Gasteiger charge is 2.22. The lowest BCUT2D eigenvalue weighted by Crippen LogP contribution is -2.39. The molecule has 0 aromatic heterocycles. The summed E-state index contributed by atoms with van der Waals surface area (Å²) < 4.78 is 5.03. The molecular formula is C14H15N3O2. The summed E-state index contributed by atoms with van der Waals surface area (Å²) in [6.45, 7) is 1.80. The van der Waals surface area contributed by atoms with Crippen molar-refractivity contribution in [2.24, 2.45) is 0 Å². The van der Waals surface area contributed by atoms with E-state index in [1.807, 2.05) is 12.1 Å². The fourth-order valence-corrected chi connectivity index (χ4v) is 1.67. The Morgan fingerprint density at radius 3 is 2.21 bits per heavy atom. The number of nitriles is 2. The summed E-state index contributed by atoms with van der Waals surface area (Å²) in [5, 5.41) is 17.4. The lowest BCUT2D eigenvalue weighted by molar-refractivity contribution is 0.0868. The number of ketones is 1. The van der Waals surface area contributed by atoms with Crippen LogP contribution in [0.3, 0.4) is 0 Å². The van der Waals surface area contributed by atoms with Gasteiger partial charge in [0.1, 0.15) is 5.75 Å². The normalized spacial score (nSPS) is 11.4. The second-order valence-electron chi connectivity index (χ2n) is 3.99. The van der Waals surface area contributed by atoms with Gasteiger partial charge in [-0.1, -0.05) is 0 Å². The molecule has 0 saturated carbocycles. The molecule has 5 nitrogen and oxygen atoms in total. The van der Waals surface area contributed by atoms with Gasteiger partial charge < -0.3 is 4.74 Å². The first-order valence-corrected chi connectivity index (χ1v) is 5.80. The Bertz CT molecular complexity index is 495. The average molecular weight is 257 g/mol. The standard InChI is InChI=1S/C14H15N3O2/c1-11(17(9-7-15)10-8-16)14(18)12-3-5-13(19-2)6-4-12/h3-6,11H,9-10H2,1-2H3. The summed E-state index contributed by atoms with van der Waals surface area (Å²) in [7, 11) is 1.56. The maximum absolute atomic E-state index is 12.2. The van der Waals surface area contributed by atoms with Crippen molar-refractivity contribution in [2.45, 2.75) is 13.0 Å². The number of methoxy groups -OCH3 is 1. The molecule has 19 heavy (non-hydrogen) atoms. The minimum absolute atomic E-state index is 0.0522. The molecule has 5 heteroatoms. The van der Waals surface area contributed by atoms with Gasteiger partial charge in [-0.3, -0.25) is 9.69 Å². The Labute approximate surface area is 112 Å². The Balaban J connectivity index is 2.85. The average Bonchev–Trinajstić information content (AvgIpc) is 2.45. The Morgan fingerprint density at radius 1 is 1.26 bits per heavy atom. The van der Waals surface area contributed by atoms with Crippen molar-refractivity contribution in [3.63, 3.8) is 0 Å². The number of carbonyl (C=O) groups excluding carboxylic acids is 1. The number of benzene rings is 1. The van der Waals surface area contributed by atoms with Gasteiger partial charge in [-0.15, -0.1) is 0 Å². The summed E-state index contributed by atoms with van der Waals surface area (Å²) in [6, 6.07) is 10.2. The fourth-order valence-electron chi connectivity index (χ4n) is 1.67. The molecule has 0 saturated heterocycles. The third kappa shape index (κ3) is 3.80. The zero-order valence-electron chi connectivity index (χ0n) is 11.0. The Hall–Kier alpha value is -2.37. The second-order valence-corrected chi connectivity index (χ2v) is 3.99. The van der Waals surface area contributed by atoms with E-state index < -0.39 is 6.04 Å². The summed E-state index contributed by atoms with van der Waals surface area (Å²) in [5.41, 5.74) is 0.536. The minimum atomic E-state index is -0.507. The monoisotopic (exact) mass is 257 g/mol. The third-order valence-corrected chi connectivity index (χ3v) is 2.85. The fraction of sp³-hybridized carbons (Fsp3) is 0.357. The molecule has 0 aliphatic carbocycles. The first-order chi connectivity index (χ1) is 9.13. The molecule has 1 atom stereocenters. The number of nitrogens with zero attached hydrogens (tertiary/aromatic N) is 3. The van der Waals surface area contributed by atoms with Gasteiger partial charge in [0, 0.05) is 5.56 Å². The van der Waals surface area contributed by atoms with Crippen LogP contribution in [0.1, 0.15) is 17.3 Å². The maximum atomic E-state index is 12.2. The van der Waals surface area contributed by atoms with E-state index in [0.29, 0.717) is 11.3 Å². The summed E-state index contributed by atoms with van der Waals surface area (Å²) in [4.78, 5) is 13.8. The van der Waals surface area contributed by atoms with E-state index in [9.17, 15) is 4.79 Å². The van der Waals surface area contributed by atoms with E-state index in [1.165, 1.54) is 4.90 Å². The van der Waals surface area contributed by atoms with Crippen molar-refractivity contribution >= 4 is 5.78 Å². The number of hydrogen-bond acceptors (Lipinski definition) is 5. The van der Waals surface area contributed by atoms with E-state index in [4.69, 9.17) is 15.3 Å². The molecule has 1 aromatic rings. The number of ether oxygens (including phenoxy) is 1. The topological polar surface area (TPSA) is 77.1 Å². The summed E-state index contributed by atoms with van der Waals surface area (Å²) in [6.07, 6.45) is 0. The van der Waals surface area contributed by atoms with Crippen LogP contribution >= 0.6 is 0 Å². The molecule has 0 bridgehead atoms. The molecule has 0 fully saturated rings. The van der Waals surface area contributed by atoms with E-state index in [-0.39, 0.29) is 18.9 Å². The summed E-state index contributed by atoms with van der Waals surface area (Å²) >= 11 is 0. The van der Waals surface area contributed by atoms with Crippen LogP contribution in [0.4, 0.5) is 0 Å². The van der Waals surface area contributed by atoms with Gasteiger partial charge >= 0.3 is 0 Å². The first-order valence-electron chi connectivity index (χ1n) is 5.80. The Morgan fingerprint density at radius 2 is 1.79 bits per heavy atom. The number of carbonyl (C=O) groups is 1. The molecule has 0 spiro atoms. The maximum Gasteiger partial charge on any atom is 0.179 e. The van der Waals surface area contributed by atoms with Crippen LogP contribution in [0.2, 0.25) is 0 Å². The highest BCUT2D eigenvalue weighted by molar-refractivity contribution is 5.99. The van der Waals surface area contributed by atoms with Crippen LogP contribution in [0.25, 0.3) is 0 Å². The first kappa shape index (κ1) is 14.7. The molecule has 0 aliphatic rings. The van der Waals surface area contributed by atoms with Gasteiger partial charge in [0.15, 0.2) is 5.78 Å². The zero-order chi connectivity index (χ0) is 14.3. The van der Waals surface area contributed by atoms with Crippen LogP contribution in [0.5, 0.6) is 5.75 Å². The van der Waals surface area contributed by atoms with Crippen LogP contribution < -0.4 is 4.74 Å². The van der Waals surface area contributed by atoms with Crippen molar-refractivity contribution in [1.29, 1.82) is 10.5 Å². The largest absolute Gasteiger partial charge is 0.497 e. The van der Waals surface area contributed by atoms with E-state index >= 15 is 0 Å². The van der Waals surface area contributed by atoms with E-state index in [1.54, 1.807) is 38.3 Å². The molecule has 98 valence electrons. The molecular weight excluding hydrogens is 242 g/mol. The molecule has 0 heterocycles. The molecule has 0 amide bonds. The van der Waals surface area contributed by atoms with Crippen LogP contribution in [-0.4, -0.2) is 36.9 Å². The minimum Gasteiger partial charge on any atom is -0.497 e. The van der Waals surface area contributed by atoms with Gasteiger partial charge in [-0.2, -0.15) is 10.5 Å².